The smallest absolute Gasteiger partial charge is 0.231 e. The molecule has 0 unspecified atom stereocenters. The second-order valence-electron chi connectivity index (χ2n) is 3.03. The summed E-state index contributed by atoms with van der Waals surface area (Å²) in [6.07, 6.45) is 0. The minimum absolute atomic E-state index is 0.261. The van der Waals surface area contributed by atoms with E-state index in [1.807, 2.05) is 24.3 Å². The lowest BCUT2D eigenvalue weighted by Crippen LogP contribution is -2.14. The van der Waals surface area contributed by atoms with Crippen molar-refractivity contribution in [1.82, 2.24) is 0 Å². The largest absolute Gasteiger partial charge is 0.289 e. The van der Waals surface area contributed by atoms with Gasteiger partial charge >= 0.3 is 0 Å². The monoisotopic (exact) mass is 238 g/mol. The molecule has 0 bridgehead atoms. The van der Waals surface area contributed by atoms with Gasteiger partial charge in [-0.15, -0.1) is 22.9 Å². The van der Waals surface area contributed by atoms with Crippen LogP contribution < -0.4 is 0 Å². The standard InChI is InChI=1S/C11H7ClO2S/c12-5-9(13)11(14)8-6-15-10-4-2-1-3-7(8)10/h1-4,6H,5H2. The number of hydrogen-bond donors (Lipinski definition) is 0. The summed E-state index contributed by atoms with van der Waals surface area (Å²) in [5.74, 6) is -1.31. The summed E-state index contributed by atoms with van der Waals surface area (Å²) < 4.78 is 1.00. The lowest BCUT2D eigenvalue weighted by Gasteiger charge is -1.95. The number of rotatable bonds is 3. The number of Topliss-reactive ketones (excluding diaryl/α,β-unsaturated/α-hetero) is 2. The predicted octanol–water partition coefficient (Wildman–Crippen LogP) is 2.89. The topological polar surface area (TPSA) is 34.1 Å². The Hall–Kier alpha value is -1.19. The zero-order chi connectivity index (χ0) is 10.8. The molecule has 0 atom stereocenters. The van der Waals surface area contributed by atoms with E-state index < -0.39 is 11.6 Å². The lowest BCUT2D eigenvalue weighted by atomic mass is 10.1. The molecule has 2 rings (SSSR count). The van der Waals surface area contributed by atoms with Crippen LogP contribution in [0.2, 0.25) is 0 Å². The van der Waals surface area contributed by atoms with E-state index in [1.165, 1.54) is 11.3 Å². The van der Waals surface area contributed by atoms with Gasteiger partial charge < -0.3 is 0 Å². The van der Waals surface area contributed by atoms with E-state index >= 15 is 0 Å². The third-order valence-corrected chi connectivity index (χ3v) is 3.31. The van der Waals surface area contributed by atoms with Gasteiger partial charge in [-0.3, -0.25) is 9.59 Å². The van der Waals surface area contributed by atoms with E-state index in [0.29, 0.717) is 5.56 Å². The Morgan fingerprint density at radius 2 is 2.00 bits per heavy atom. The highest BCUT2D eigenvalue weighted by Gasteiger charge is 2.18. The molecule has 1 aromatic heterocycles. The van der Waals surface area contributed by atoms with Crippen molar-refractivity contribution < 1.29 is 9.59 Å². The molecule has 0 N–H and O–H groups in total. The van der Waals surface area contributed by atoms with Gasteiger partial charge in [0.2, 0.25) is 11.6 Å². The molecule has 2 nitrogen and oxygen atoms in total. The Balaban J connectivity index is 2.53. The van der Waals surface area contributed by atoms with Crippen LogP contribution in [-0.2, 0) is 4.79 Å². The number of carbonyl (C=O) groups excluding carboxylic acids is 2. The van der Waals surface area contributed by atoms with Crippen LogP contribution in [0.15, 0.2) is 29.6 Å². The second kappa shape index (κ2) is 4.13. The molecule has 0 aliphatic carbocycles. The zero-order valence-corrected chi connectivity index (χ0v) is 9.27. The van der Waals surface area contributed by atoms with Crippen LogP contribution >= 0.6 is 22.9 Å². The Kier molecular flexibility index (Phi) is 2.84. The van der Waals surface area contributed by atoms with Crippen molar-refractivity contribution in [1.29, 1.82) is 0 Å². The van der Waals surface area contributed by atoms with Gasteiger partial charge in [0.1, 0.15) is 0 Å². The van der Waals surface area contributed by atoms with Crippen LogP contribution in [0.3, 0.4) is 0 Å². The van der Waals surface area contributed by atoms with Crippen LogP contribution in [0.5, 0.6) is 0 Å². The van der Waals surface area contributed by atoms with Crippen molar-refractivity contribution in [2.75, 3.05) is 5.88 Å². The zero-order valence-electron chi connectivity index (χ0n) is 7.70. The van der Waals surface area contributed by atoms with Gasteiger partial charge in [0, 0.05) is 21.0 Å². The Morgan fingerprint density at radius 1 is 1.27 bits per heavy atom. The van der Waals surface area contributed by atoms with E-state index in [9.17, 15) is 9.59 Å². The minimum Gasteiger partial charge on any atom is -0.289 e. The number of carbonyl (C=O) groups is 2. The molecule has 0 aliphatic rings. The number of hydrogen-bond acceptors (Lipinski definition) is 3. The van der Waals surface area contributed by atoms with Gasteiger partial charge in [0.25, 0.3) is 0 Å². The molecule has 2 aromatic rings. The second-order valence-corrected chi connectivity index (χ2v) is 4.21. The summed E-state index contributed by atoms with van der Waals surface area (Å²) in [5.41, 5.74) is 0.459. The maximum absolute atomic E-state index is 11.6. The van der Waals surface area contributed by atoms with E-state index in [0.717, 1.165) is 10.1 Å². The summed E-state index contributed by atoms with van der Waals surface area (Å²) in [5, 5.41) is 2.53. The molecule has 0 fully saturated rings. The SMILES string of the molecule is O=C(CCl)C(=O)c1csc2ccccc12. The first-order chi connectivity index (χ1) is 7.24. The van der Waals surface area contributed by atoms with Gasteiger partial charge in [-0.25, -0.2) is 0 Å². The Labute approximate surface area is 95.5 Å². The maximum atomic E-state index is 11.6. The Morgan fingerprint density at radius 3 is 2.73 bits per heavy atom. The molecule has 1 aromatic carbocycles. The highest BCUT2D eigenvalue weighted by molar-refractivity contribution is 7.17. The molecule has 0 spiro atoms. The van der Waals surface area contributed by atoms with Crippen molar-refractivity contribution in [2.45, 2.75) is 0 Å². The van der Waals surface area contributed by atoms with Crippen molar-refractivity contribution in [3.63, 3.8) is 0 Å². The summed E-state index contributed by atoms with van der Waals surface area (Å²) in [6, 6.07) is 7.50. The molecule has 0 aliphatic heterocycles. The average Bonchev–Trinajstić information content (AvgIpc) is 2.70. The number of ketones is 2. The summed E-state index contributed by atoms with van der Waals surface area (Å²) in [4.78, 5) is 22.8. The van der Waals surface area contributed by atoms with Crippen LogP contribution in [0, 0.1) is 0 Å². The van der Waals surface area contributed by atoms with Crippen LogP contribution in [0.25, 0.3) is 10.1 Å². The molecule has 0 radical (unpaired) electrons. The third-order valence-electron chi connectivity index (χ3n) is 2.10. The molecule has 76 valence electrons. The van der Waals surface area contributed by atoms with Crippen LogP contribution in [-0.4, -0.2) is 17.4 Å². The fraction of sp³-hybridized carbons (Fsp3) is 0.0909. The maximum Gasteiger partial charge on any atom is 0.231 e. The molecular formula is C11H7ClO2S. The molecule has 0 saturated heterocycles. The first-order valence-electron chi connectivity index (χ1n) is 4.33. The summed E-state index contributed by atoms with van der Waals surface area (Å²) in [7, 11) is 0. The van der Waals surface area contributed by atoms with Gasteiger partial charge in [-0.1, -0.05) is 18.2 Å². The van der Waals surface area contributed by atoms with Crippen molar-refractivity contribution in [3.05, 3.63) is 35.2 Å². The van der Waals surface area contributed by atoms with E-state index in [2.05, 4.69) is 0 Å². The van der Waals surface area contributed by atoms with Gasteiger partial charge in [-0.2, -0.15) is 0 Å². The molecule has 15 heavy (non-hydrogen) atoms. The number of thiophene rings is 1. The fourth-order valence-electron chi connectivity index (χ4n) is 1.36. The summed E-state index contributed by atoms with van der Waals surface area (Å²) >= 11 is 6.80. The van der Waals surface area contributed by atoms with Gasteiger partial charge in [-0.05, 0) is 6.07 Å². The molecule has 1 heterocycles. The number of fused-ring (bicyclic) bond motifs is 1. The molecule has 4 heteroatoms. The van der Waals surface area contributed by atoms with Crippen LogP contribution in [0.4, 0.5) is 0 Å². The van der Waals surface area contributed by atoms with Gasteiger partial charge in [0.05, 0.1) is 5.88 Å². The molecule has 0 amide bonds. The van der Waals surface area contributed by atoms with Crippen molar-refractivity contribution in [3.8, 4) is 0 Å². The van der Waals surface area contributed by atoms with E-state index in [4.69, 9.17) is 11.6 Å². The van der Waals surface area contributed by atoms with E-state index in [-0.39, 0.29) is 5.88 Å². The minimum atomic E-state index is -0.555. The van der Waals surface area contributed by atoms with Gasteiger partial charge in [0.15, 0.2) is 0 Å². The first kappa shape index (κ1) is 10.3. The third kappa shape index (κ3) is 1.80. The number of benzene rings is 1. The van der Waals surface area contributed by atoms with Crippen LogP contribution in [0.1, 0.15) is 10.4 Å². The molecule has 0 saturated carbocycles. The first-order valence-corrected chi connectivity index (χ1v) is 5.75. The quantitative estimate of drug-likeness (QED) is 0.468. The predicted molar refractivity (Wildman–Crippen MR) is 61.9 cm³/mol. The highest BCUT2D eigenvalue weighted by atomic mass is 35.5. The Bertz CT molecular complexity index is 530. The number of halogens is 1. The molecular weight excluding hydrogens is 232 g/mol. The lowest BCUT2D eigenvalue weighted by molar-refractivity contribution is -0.112. The highest BCUT2D eigenvalue weighted by Crippen LogP contribution is 2.26. The van der Waals surface area contributed by atoms with E-state index in [1.54, 1.807) is 5.38 Å². The average molecular weight is 239 g/mol. The number of alkyl halides is 1. The summed E-state index contributed by atoms with van der Waals surface area (Å²) in [6.45, 7) is 0. The normalized spacial score (nSPS) is 10.5. The van der Waals surface area contributed by atoms with Crippen molar-refractivity contribution in [2.24, 2.45) is 0 Å². The fourth-order valence-corrected chi connectivity index (χ4v) is 2.43. The van der Waals surface area contributed by atoms with Crippen molar-refractivity contribution >= 4 is 44.6 Å².